The summed E-state index contributed by atoms with van der Waals surface area (Å²) in [5.41, 5.74) is 0. The summed E-state index contributed by atoms with van der Waals surface area (Å²) in [7, 11) is -3.18. The molecule has 6 heteroatoms. The fourth-order valence-electron chi connectivity index (χ4n) is 1.39. The molecule has 0 aromatic heterocycles. The Balaban J connectivity index is 2.50. The second-order valence-electron chi connectivity index (χ2n) is 3.05. The van der Waals surface area contributed by atoms with E-state index in [1.54, 1.807) is 0 Å². The summed E-state index contributed by atoms with van der Waals surface area (Å²) in [6, 6.07) is 0. The van der Waals surface area contributed by atoms with Gasteiger partial charge in [0.1, 0.15) is 5.21 Å². The molecule has 78 valence electrons. The topological polar surface area (TPSA) is 40.6 Å². The molecule has 4 nitrogen and oxygen atoms in total. The van der Waals surface area contributed by atoms with Gasteiger partial charge < -0.3 is 4.90 Å². The average molecular weight is 227 g/mol. The summed E-state index contributed by atoms with van der Waals surface area (Å²) in [6.07, 6.45) is 0. The number of sulfonamides is 1. The first kappa shape index (κ1) is 11.2. The smallest absolute Gasteiger partial charge is 0.228 e. The number of hydrogen-bond acceptors (Lipinski definition) is 3. The summed E-state index contributed by atoms with van der Waals surface area (Å²) < 4.78 is 24.1. The van der Waals surface area contributed by atoms with E-state index < -0.39 is 10.0 Å². The van der Waals surface area contributed by atoms with Crippen molar-refractivity contribution in [1.29, 1.82) is 0 Å². The molecule has 1 heterocycles. The fraction of sp³-hybridized carbons (Fsp3) is 1.00. The first-order valence-electron chi connectivity index (χ1n) is 4.36. The van der Waals surface area contributed by atoms with Crippen LogP contribution in [0.3, 0.4) is 0 Å². The molecule has 0 spiro atoms. The molecule has 0 atom stereocenters. The van der Waals surface area contributed by atoms with Crippen LogP contribution < -0.4 is 0 Å². The first-order chi connectivity index (χ1) is 6.10. The van der Waals surface area contributed by atoms with Crippen LogP contribution in [0.4, 0.5) is 0 Å². The van der Waals surface area contributed by atoms with Crippen LogP contribution in [-0.2, 0) is 10.0 Å². The molecular formula is C7H15ClN2O2S. The summed E-state index contributed by atoms with van der Waals surface area (Å²) in [5, 5.41) is -0.306. The van der Waals surface area contributed by atoms with Gasteiger partial charge in [-0.2, -0.15) is 4.31 Å². The summed E-state index contributed by atoms with van der Waals surface area (Å²) in [6.45, 7) is 5.82. The predicted octanol–water partition coefficient (Wildman–Crippen LogP) is 0.150. The van der Waals surface area contributed by atoms with Gasteiger partial charge in [-0.15, -0.1) is 11.6 Å². The third-order valence-corrected chi connectivity index (χ3v) is 4.56. The average Bonchev–Trinajstić information content (AvgIpc) is 2.18. The van der Waals surface area contributed by atoms with Crippen LogP contribution in [0, 0.1) is 0 Å². The van der Waals surface area contributed by atoms with Crippen molar-refractivity contribution in [2.24, 2.45) is 0 Å². The lowest BCUT2D eigenvalue weighted by molar-refractivity contribution is 0.197. The van der Waals surface area contributed by atoms with E-state index in [1.165, 1.54) is 4.31 Å². The maximum absolute atomic E-state index is 11.3. The van der Waals surface area contributed by atoms with Gasteiger partial charge in [-0.3, -0.25) is 0 Å². The summed E-state index contributed by atoms with van der Waals surface area (Å²) in [5.74, 6) is 0. The third kappa shape index (κ3) is 2.80. The molecule has 1 rings (SSSR count). The summed E-state index contributed by atoms with van der Waals surface area (Å²) in [4.78, 5) is 2.22. The first-order valence-corrected chi connectivity index (χ1v) is 6.50. The van der Waals surface area contributed by atoms with E-state index in [2.05, 4.69) is 11.8 Å². The monoisotopic (exact) mass is 226 g/mol. The van der Waals surface area contributed by atoms with Gasteiger partial charge >= 0.3 is 0 Å². The predicted molar refractivity (Wildman–Crippen MR) is 53.3 cm³/mol. The highest BCUT2D eigenvalue weighted by Gasteiger charge is 2.24. The van der Waals surface area contributed by atoms with E-state index in [9.17, 15) is 8.42 Å². The van der Waals surface area contributed by atoms with Gasteiger partial charge in [0.05, 0.1) is 0 Å². The molecule has 0 amide bonds. The number of alkyl halides is 1. The third-order valence-electron chi connectivity index (χ3n) is 2.31. The van der Waals surface area contributed by atoms with Crippen molar-refractivity contribution in [3.8, 4) is 0 Å². The molecule has 0 radical (unpaired) electrons. The zero-order valence-corrected chi connectivity index (χ0v) is 9.31. The minimum absolute atomic E-state index is 0.306. The molecule has 0 aromatic rings. The maximum Gasteiger partial charge on any atom is 0.228 e. The van der Waals surface area contributed by atoms with Crippen molar-refractivity contribution in [3.63, 3.8) is 0 Å². The van der Waals surface area contributed by atoms with Crippen molar-refractivity contribution < 1.29 is 8.42 Å². The van der Waals surface area contributed by atoms with Crippen molar-refractivity contribution in [3.05, 3.63) is 0 Å². The Labute approximate surface area is 84.5 Å². The quantitative estimate of drug-likeness (QED) is 0.644. The highest BCUT2D eigenvalue weighted by Crippen LogP contribution is 2.08. The van der Waals surface area contributed by atoms with Crippen molar-refractivity contribution in [2.75, 3.05) is 37.9 Å². The molecule has 1 aliphatic rings. The van der Waals surface area contributed by atoms with Crippen LogP contribution in [0.2, 0.25) is 0 Å². The van der Waals surface area contributed by atoms with Crippen LogP contribution in [0.25, 0.3) is 0 Å². The van der Waals surface area contributed by atoms with Crippen molar-refractivity contribution >= 4 is 21.6 Å². The van der Waals surface area contributed by atoms with Crippen LogP contribution in [0.15, 0.2) is 0 Å². The van der Waals surface area contributed by atoms with Crippen LogP contribution in [0.1, 0.15) is 6.92 Å². The molecule has 1 aliphatic heterocycles. The standard InChI is InChI=1S/C7H15ClN2O2S/c1-2-9-3-5-10(6-4-9)13(11,12)7-8/h2-7H2,1H3. The van der Waals surface area contributed by atoms with Crippen molar-refractivity contribution in [1.82, 2.24) is 9.21 Å². The molecule has 0 bridgehead atoms. The summed E-state index contributed by atoms with van der Waals surface area (Å²) >= 11 is 5.35. The van der Waals surface area contributed by atoms with E-state index in [4.69, 9.17) is 11.6 Å². The number of piperazine rings is 1. The molecule has 13 heavy (non-hydrogen) atoms. The molecule has 0 aromatic carbocycles. The number of nitrogens with zero attached hydrogens (tertiary/aromatic N) is 2. The van der Waals surface area contributed by atoms with Crippen LogP contribution in [0.5, 0.6) is 0 Å². The zero-order chi connectivity index (χ0) is 9.90. The van der Waals surface area contributed by atoms with Crippen LogP contribution >= 0.6 is 11.6 Å². The second-order valence-corrected chi connectivity index (χ2v) is 5.61. The van der Waals surface area contributed by atoms with E-state index in [-0.39, 0.29) is 5.21 Å². The van der Waals surface area contributed by atoms with Crippen molar-refractivity contribution in [2.45, 2.75) is 6.92 Å². The Morgan fingerprint density at radius 3 is 2.15 bits per heavy atom. The normalized spacial score (nSPS) is 22.0. The minimum atomic E-state index is -3.18. The van der Waals surface area contributed by atoms with Gasteiger partial charge in [0.15, 0.2) is 0 Å². The number of rotatable bonds is 3. The van der Waals surface area contributed by atoms with Gasteiger partial charge in [0, 0.05) is 26.2 Å². The van der Waals surface area contributed by atoms with Gasteiger partial charge in [-0.05, 0) is 6.54 Å². The Kier molecular flexibility index (Phi) is 3.97. The second kappa shape index (κ2) is 4.59. The number of halogens is 1. The Morgan fingerprint density at radius 1 is 1.23 bits per heavy atom. The van der Waals surface area contributed by atoms with Gasteiger partial charge in [-0.25, -0.2) is 8.42 Å². The van der Waals surface area contributed by atoms with Gasteiger partial charge in [0.2, 0.25) is 10.0 Å². The van der Waals surface area contributed by atoms with Gasteiger partial charge in [-0.1, -0.05) is 6.92 Å². The minimum Gasteiger partial charge on any atom is -0.301 e. The largest absolute Gasteiger partial charge is 0.301 e. The Hall–Kier alpha value is 0.160. The van der Waals surface area contributed by atoms with E-state index in [0.29, 0.717) is 13.1 Å². The number of likely N-dealkylation sites (N-methyl/N-ethyl adjacent to an activating group) is 1. The highest BCUT2D eigenvalue weighted by molar-refractivity contribution is 7.90. The van der Waals surface area contributed by atoms with Gasteiger partial charge in [0.25, 0.3) is 0 Å². The van der Waals surface area contributed by atoms with Crippen LogP contribution in [-0.4, -0.2) is 55.6 Å². The molecular weight excluding hydrogens is 212 g/mol. The number of hydrogen-bond donors (Lipinski definition) is 0. The van der Waals surface area contributed by atoms with E-state index >= 15 is 0 Å². The zero-order valence-electron chi connectivity index (χ0n) is 7.74. The Morgan fingerprint density at radius 2 is 1.77 bits per heavy atom. The maximum atomic E-state index is 11.3. The lowest BCUT2D eigenvalue weighted by Gasteiger charge is -2.32. The molecule has 0 unspecified atom stereocenters. The van der Waals surface area contributed by atoms with E-state index in [1.807, 2.05) is 0 Å². The lowest BCUT2D eigenvalue weighted by Crippen LogP contribution is -2.48. The van der Waals surface area contributed by atoms with E-state index in [0.717, 1.165) is 19.6 Å². The molecule has 0 aliphatic carbocycles. The fourth-order valence-corrected chi connectivity index (χ4v) is 2.66. The Bertz CT molecular complexity index is 247. The highest BCUT2D eigenvalue weighted by atomic mass is 35.5. The molecule has 0 N–H and O–H groups in total. The molecule has 1 fully saturated rings. The molecule has 1 saturated heterocycles. The lowest BCUT2D eigenvalue weighted by atomic mass is 10.4. The molecule has 0 saturated carbocycles. The SMILES string of the molecule is CCN1CCN(S(=O)(=O)CCl)CC1.